The number of carbonyl (C=O) groups is 3. The number of carbonyl (C=O) groups excluding carboxylic acids is 3. The topological polar surface area (TPSA) is 132 Å². The third-order valence-corrected chi connectivity index (χ3v) is 10.7. The highest BCUT2D eigenvalue weighted by Gasteiger charge is 2.62. The van der Waals surface area contributed by atoms with E-state index in [-0.39, 0.29) is 36.4 Å². The number of hydrogen-bond donors (Lipinski definition) is 2. The van der Waals surface area contributed by atoms with Crippen molar-refractivity contribution in [3.63, 3.8) is 0 Å². The third-order valence-electron chi connectivity index (χ3n) is 9.89. The maximum atomic E-state index is 14.1. The number of anilines is 1. The number of benzene rings is 1. The summed E-state index contributed by atoms with van der Waals surface area (Å²) in [6.07, 6.45) is 5.66. The molecule has 3 aliphatic rings. The molecule has 0 spiro atoms. The average molecular weight is 678 g/mol. The molecule has 3 heterocycles. The van der Waals surface area contributed by atoms with Gasteiger partial charge in [-0.2, -0.15) is 0 Å². The highest BCUT2D eigenvalue weighted by atomic mass is 32.1. The van der Waals surface area contributed by atoms with Crippen molar-refractivity contribution in [2.24, 2.45) is 17.8 Å². The molecule has 1 aromatic carbocycles. The summed E-state index contributed by atoms with van der Waals surface area (Å²) in [6, 6.07) is 7.78. The van der Waals surface area contributed by atoms with E-state index in [9.17, 15) is 14.4 Å². The number of nitrogens with one attached hydrogen (secondary N) is 2. The molecule has 5 atom stereocenters. The molecule has 2 aromatic heterocycles. The van der Waals surface area contributed by atoms with Gasteiger partial charge in [0.15, 0.2) is 5.13 Å². The molecule has 6 rings (SSSR count). The number of amides is 2. The van der Waals surface area contributed by atoms with Crippen molar-refractivity contribution >= 4 is 45.2 Å². The van der Waals surface area contributed by atoms with Crippen molar-refractivity contribution in [3.05, 3.63) is 29.6 Å². The summed E-state index contributed by atoms with van der Waals surface area (Å²) in [5.41, 5.74) is 1.05. The normalized spacial score (nSPS) is 26.3. The predicted molar refractivity (Wildman–Crippen MR) is 185 cm³/mol. The van der Waals surface area contributed by atoms with Gasteiger partial charge in [0.25, 0.3) is 0 Å². The van der Waals surface area contributed by atoms with E-state index in [0.29, 0.717) is 48.5 Å². The second-order valence-corrected chi connectivity index (χ2v) is 14.6. The molecule has 0 unspecified atom stereocenters. The summed E-state index contributed by atoms with van der Waals surface area (Å²) in [7, 11) is 3.44. The van der Waals surface area contributed by atoms with Crippen LogP contribution >= 0.6 is 11.3 Å². The predicted octanol–water partition coefficient (Wildman–Crippen LogP) is 5.82. The number of pyridine rings is 1. The van der Waals surface area contributed by atoms with Gasteiger partial charge in [-0.05, 0) is 70.9 Å². The summed E-state index contributed by atoms with van der Waals surface area (Å²) >= 11 is 1.51. The van der Waals surface area contributed by atoms with E-state index >= 15 is 0 Å². The van der Waals surface area contributed by atoms with Crippen LogP contribution in [0.15, 0.2) is 29.6 Å². The van der Waals surface area contributed by atoms with Crippen LogP contribution in [-0.2, 0) is 19.1 Å². The summed E-state index contributed by atoms with van der Waals surface area (Å²) in [5, 5.41) is 10.0. The quantitative estimate of drug-likeness (QED) is 0.283. The molecule has 2 amide bonds. The van der Waals surface area contributed by atoms with Crippen molar-refractivity contribution in [1.29, 1.82) is 0 Å². The second kappa shape index (κ2) is 14.3. The fourth-order valence-corrected chi connectivity index (χ4v) is 8.11. The van der Waals surface area contributed by atoms with Crippen molar-refractivity contribution in [1.82, 2.24) is 20.2 Å². The Labute approximate surface area is 286 Å². The molecule has 0 radical (unpaired) electrons. The molecule has 12 heteroatoms. The van der Waals surface area contributed by atoms with E-state index in [1.165, 1.54) is 11.3 Å². The smallest absolute Gasteiger partial charge is 0.332 e. The minimum atomic E-state index is -1.01. The van der Waals surface area contributed by atoms with Crippen LogP contribution in [0.25, 0.3) is 22.3 Å². The summed E-state index contributed by atoms with van der Waals surface area (Å²) in [4.78, 5) is 52.6. The molecule has 0 bridgehead atoms. The monoisotopic (exact) mass is 677 g/mol. The van der Waals surface area contributed by atoms with Crippen LogP contribution in [0.4, 0.5) is 5.13 Å². The van der Waals surface area contributed by atoms with Gasteiger partial charge in [-0.3, -0.25) is 9.59 Å². The Morgan fingerprint density at radius 1 is 1.10 bits per heavy atom. The Bertz CT molecular complexity index is 1660. The number of ether oxygens (including phenoxy) is 3. The van der Waals surface area contributed by atoms with Crippen LogP contribution in [0.1, 0.15) is 72.1 Å². The van der Waals surface area contributed by atoms with Crippen molar-refractivity contribution in [2.75, 3.05) is 32.6 Å². The highest BCUT2D eigenvalue weighted by molar-refractivity contribution is 7.14. The molecule has 3 aromatic rings. The molecule has 258 valence electrons. The summed E-state index contributed by atoms with van der Waals surface area (Å²) in [5.74, 6) is -0.609. The Hall–Kier alpha value is -3.93. The van der Waals surface area contributed by atoms with Crippen molar-refractivity contribution in [3.8, 4) is 22.9 Å². The van der Waals surface area contributed by atoms with Gasteiger partial charge in [0, 0.05) is 42.5 Å². The van der Waals surface area contributed by atoms with Gasteiger partial charge >= 0.3 is 5.97 Å². The zero-order valence-electron chi connectivity index (χ0n) is 28.5. The molecule has 3 fully saturated rings. The lowest BCUT2D eigenvalue weighted by atomic mass is 9.92. The number of nitrogens with zero attached hydrogens (tertiary/aromatic N) is 3. The van der Waals surface area contributed by atoms with Gasteiger partial charge in [0.1, 0.15) is 28.8 Å². The Morgan fingerprint density at radius 2 is 1.90 bits per heavy atom. The first-order valence-corrected chi connectivity index (χ1v) is 18.1. The zero-order chi connectivity index (χ0) is 34.0. The van der Waals surface area contributed by atoms with Gasteiger partial charge in [-0.1, -0.05) is 19.3 Å². The Kier molecular flexibility index (Phi) is 10.1. The number of thiazole rings is 1. The number of hydrogen-bond acceptors (Lipinski definition) is 10. The average Bonchev–Trinajstić information content (AvgIpc) is 3.34. The van der Waals surface area contributed by atoms with Crippen LogP contribution in [0.5, 0.6) is 11.5 Å². The zero-order valence-corrected chi connectivity index (χ0v) is 29.4. The molecule has 1 saturated heterocycles. The second-order valence-electron chi connectivity index (χ2n) is 13.7. The Morgan fingerprint density at radius 3 is 2.67 bits per heavy atom. The molecular formula is C36H47N5O6S. The largest absolute Gasteiger partial charge is 0.497 e. The SMILES string of the molecule is CCOC(=O)[C@@]12C[C@H]1CCCCCCN(C)C(=O)[C@@H]1C[C@H](Oc3cc(-c4csc(NC(C)C)n4)nc4cc(OC)ccc34)C[C@H]1C(=O)N2. The van der Waals surface area contributed by atoms with Gasteiger partial charge < -0.3 is 29.7 Å². The van der Waals surface area contributed by atoms with Crippen LogP contribution in [0.2, 0.25) is 0 Å². The molecule has 2 saturated carbocycles. The Balaban J connectivity index is 1.31. The number of esters is 1. The first-order chi connectivity index (χ1) is 23.1. The summed E-state index contributed by atoms with van der Waals surface area (Å²) in [6.45, 7) is 6.80. The molecule has 48 heavy (non-hydrogen) atoms. The van der Waals surface area contributed by atoms with E-state index in [1.54, 1.807) is 18.9 Å². The maximum Gasteiger partial charge on any atom is 0.332 e. The van der Waals surface area contributed by atoms with Gasteiger partial charge in [0.05, 0.1) is 36.8 Å². The minimum absolute atomic E-state index is 0.0503. The van der Waals surface area contributed by atoms with E-state index in [2.05, 4.69) is 24.5 Å². The van der Waals surface area contributed by atoms with E-state index in [4.69, 9.17) is 24.2 Å². The number of fused-ring (bicyclic) bond motifs is 3. The van der Waals surface area contributed by atoms with E-state index < -0.39 is 23.5 Å². The van der Waals surface area contributed by atoms with Gasteiger partial charge in [-0.15, -0.1) is 11.3 Å². The lowest BCUT2D eigenvalue weighted by molar-refractivity contribution is -0.150. The molecule has 2 aliphatic carbocycles. The number of rotatable bonds is 8. The maximum absolute atomic E-state index is 14.1. The highest BCUT2D eigenvalue weighted by Crippen LogP contribution is 2.49. The van der Waals surface area contributed by atoms with Gasteiger partial charge in [-0.25, -0.2) is 14.8 Å². The lowest BCUT2D eigenvalue weighted by Crippen LogP contribution is -2.50. The van der Waals surface area contributed by atoms with E-state index in [0.717, 1.165) is 48.3 Å². The summed E-state index contributed by atoms with van der Waals surface area (Å²) < 4.78 is 17.7. The number of aromatic nitrogens is 2. The van der Waals surface area contributed by atoms with Crippen LogP contribution < -0.4 is 20.1 Å². The van der Waals surface area contributed by atoms with E-state index in [1.807, 2.05) is 36.7 Å². The molecule has 1 aliphatic heterocycles. The fraction of sp³-hybridized carbons (Fsp3) is 0.583. The third kappa shape index (κ3) is 7.09. The fourth-order valence-electron chi connectivity index (χ4n) is 7.26. The molecular weight excluding hydrogens is 630 g/mol. The number of methoxy groups -OCH3 is 1. The van der Waals surface area contributed by atoms with Gasteiger partial charge in [0.2, 0.25) is 11.8 Å². The minimum Gasteiger partial charge on any atom is -0.497 e. The molecule has 11 nitrogen and oxygen atoms in total. The molecule has 2 N–H and O–H groups in total. The first-order valence-electron chi connectivity index (χ1n) is 17.2. The van der Waals surface area contributed by atoms with Crippen LogP contribution in [-0.4, -0.2) is 77.6 Å². The lowest BCUT2D eigenvalue weighted by Gasteiger charge is -2.26. The van der Waals surface area contributed by atoms with Crippen LogP contribution in [0.3, 0.4) is 0 Å². The first kappa shape index (κ1) is 34.0. The van der Waals surface area contributed by atoms with Crippen molar-refractivity contribution in [2.45, 2.75) is 89.8 Å². The standard InChI is InChI=1S/C36H47N5O6S/c1-6-46-34(44)36-19-22(36)11-9-7-8-10-14-41(4)33(43)27-16-24(15-26(27)32(42)40-36)47-31-18-29(30-20-48-35(39-30)37-21(2)3)38-28-17-23(45-5)12-13-25(28)31/h12-13,17-18,20-22,24,26-27H,6-11,14-16,19H2,1-5H3,(H,37,39)(H,40,42)/t22-,24-,26-,27-,36-/m1/s1. The van der Waals surface area contributed by atoms with Crippen LogP contribution in [0, 0.1) is 17.8 Å². The van der Waals surface area contributed by atoms with Crippen molar-refractivity contribution < 1.29 is 28.6 Å².